The van der Waals surface area contributed by atoms with Gasteiger partial charge in [0.05, 0.1) is 5.56 Å². The summed E-state index contributed by atoms with van der Waals surface area (Å²) in [5.74, 6) is 0.543. The number of nitrogens with zero attached hydrogens (tertiary/aromatic N) is 2. The molecule has 1 saturated heterocycles. The van der Waals surface area contributed by atoms with Crippen molar-refractivity contribution in [2.24, 2.45) is 0 Å². The van der Waals surface area contributed by atoms with Crippen molar-refractivity contribution in [2.75, 3.05) is 29.9 Å². The minimum Gasteiger partial charge on any atom is -0.336 e. The zero-order valence-electron chi connectivity index (χ0n) is 12.1. The van der Waals surface area contributed by atoms with Gasteiger partial charge in [0.2, 0.25) is 0 Å². The predicted molar refractivity (Wildman–Crippen MR) is 89.7 cm³/mol. The number of thioether (sulfide) groups is 1. The number of carbonyl (C=O) groups is 2. The Hall–Kier alpha value is -1.93. The molecule has 0 radical (unpaired) electrons. The van der Waals surface area contributed by atoms with Gasteiger partial charge in [-0.2, -0.15) is 11.8 Å². The predicted octanol–water partition coefficient (Wildman–Crippen LogP) is 2.72. The summed E-state index contributed by atoms with van der Waals surface area (Å²) in [5, 5.41) is 4.43. The maximum absolute atomic E-state index is 13.6. The molecule has 5 nitrogen and oxygen atoms in total. The average Bonchev–Trinajstić information content (AvgIpc) is 3.03. The Morgan fingerprint density at radius 2 is 1.96 bits per heavy atom. The lowest BCUT2D eigenvalue weighted by atomic mass is 10.2. The van der Waals surface area contributed by atoms with Gasteiger partial charge in [-0.3, -0.25) is 14.9 Å². The summed E-state index contributed by atoms with van der Waals surface area (Å²) in [6.45, 7) is 1.41. The molecule has 8 heteroatoms. The van der Waals surface area contributed by atoms with Crippen molar-refractivity contribution in [3.8, 4) is 0 Å². The molecule has 2 aromatic rings. The van der Waals surface area contributed by atoms with Crippen LogP contribution in [0.15, 0.2) is 29.6 Å². The molecule has 1 N–H and O–H groups in total. The van der Waals surface area contributed by atoms with Gasteiger partial charge in [0.1, 0.15) is 11.5 Å². The van der Waals surface area contributed by atoms with Crippen LogP contribution in [0.1, 0.15) is 20.8 Å². The summed E-state index contributed by atoms with van der Waals surface area (Å²) in [7, 11) is 0. The number of hydrogen-bond donors (Lipinski definition) is 1. The van der Waals surface area contributed by atoms with E-state index >= 15 is 0 Å². The number of thiazole rings is 1. The zero-order valence-corrected chi connectivity index (χ0v) is 13.8. The number of aromatic nitrogens is 1. The lowest BCUT2D eigenvalue weighted by Crippen LogP contribution is -2.38. The third-order valence-corrected chi connectivity index (χ3v) is 5.06. The van der Waals surface area contributed by atoms with Crippen molar-refractivity contribution in [1.82, 2.24) is 9.88 Å². The van der Waals surface area contributed by atoms with Crippen molar-refractivity contribution >= 4 is 40.0 Å². The van der Waals surface area contributed by atoms with E-state index in [1.54, 1.807) is 16.3 Å². The Kier molecular flexibility index (Phi) is 4.92. The summed E-state index contributed by atoms with van der Waals surface area (Å²) in [6, 6.07) is 5.72. The molecule has 0 bridgehead atoms. The maximum atomic E-state index is 13.6. The Bertz CT molecular complexity index is 729. The quantitative estimate of drug-likeness (QED) is 0.924. The first-order valence-electron chi connectivity index (χ1n) is 7.03. The van der Waals surface area contributed by atoms with Crippen molar-refractivity contribution in [2.45, 2.75) is 0 Å². The van der Waals surface area contributed by atoms with Crippen molar-refractivity contribution in [3.05, 3.63) is 46.7 Å². The molecule has 2 amide bonds. The number of halogens is 1. The molecular weight excluding hydrogens is 337 g/mol. The van der Waals surface area contributed by atoms with Crippen molar-refractivity contribution in [1.29, 1.82) is 0 Å². The molecule has 0 atom stereocenters. The number of hydrogen-bond acceptors (Lipinski definition) is 5. The third kappa shape index (κ3) is 3.70. The minimum atomic E-state index is -0.594. The van der Waals surface area contributed by atoms with Crippen LogP contribution in [0.25, 0.3) is 0 Å². The first kappa shape index (κ1) is 15.9. The van der Waals surface area contributed by atoms with Gasteiger partial charge in [-0.05, 0) is 12.1 Å². The number of carbonyl (C=O) groups excluding carboxylic acids is 2. The van der Waals surface area contributed by atoms with Crippen molar-refractivity contribution < 1.29 is 14.0 Å². The number of rotatable bonds is 3. The highest BCUT2D eigenvalue weighted by Gasteiger charge is 2.21. The molecule has 0 saturated carbocycles. The normalized spacial score (nSPS) is 14.6. The van der Waals surface area contributed by atoms with Gasteiger partial charge >= 0.3 is 0 Å². The van der Waals surface area contributed by atoms with Crippen LogP contribution < -0.4 is 5.32 Å². The summed E-state index contributed by atoms with van der Waals surface area (Å²) in [5.41, 5.74) is 0.259. The Labute approximate surface area is 140 Å². The highest BCUT2D eigenvalue weighted by Crippen LogP contribution is 2.20. The average molecular weight is 351 g/mol. The van der Waals surface area contributed by atoms with E-state index in [9.17, 15) is 14.0 Å². The van der Waals surface area contributed by atoms with E-state index in [1.165, 1.54) is 18.2 Å². The van der Waals surface area contributed by atoms with E-state index in [2.05, 4.69) is 10.3 Å². The lowest BCUT2D eigenvalue weighted by molar-refractivity contribution is 0.0767. The van der Waals surface area contributed by atoms with Crippen LogP contribution in [0.3, 0.4) is 0 Å². The van der Waals surface area contributed by atoms with Gasteiger partial charge in [0, 0.05) is 30.0 Å². The first-order valence-corrected chi connectivity index (χ1v) is 9.07. The van der Waals surface area contributed by atoms with Gasteiger partial charge in [-0.1, -0.05) is 12.1 Å². The summed E-state index contributed by atoms with van der Waals surface area (Å²) >= 11 is 2.97. The van der Waals surface area contributed by atoms with Crippen LogP contribution in [-0.2, 0) is 0 Å². The number of benzene rings is 1. The standard InChI is InChI=1S/C15H14FN3O2S2/c16-11-4-2-1-3-10(11)13(20)18-15-17-12(9-23-15)14(21)19-5-7-22-8-6-19/h1-4,9H,5-8H2,(H,17,18,20). The molecule has 1 fully saturated rings. The van der Waals surface area contributed by atoms with Crippen LogP contribution >= 0.6 is 23.1 Å². The van der Waals surface area contributed by atoms with Crippen LogP contribution in [0.5, 0.6) is 0 Å². The highest BCUT2D eigenvalue weighted by molar-refractivity contribution is 7.99. The Morgan fingerprint density at radius 1 is 1.22 bits per heavy atom. The number of nitrogens with one attached hydrogen (secondary N) is 1. The number of anilines is 1. The van der Waals surface area contributed by atoms with Crippen LogP contribution in [-0.4, -0.2) is 46.3 Å². The van der Waals surface area contributed by atoms with Gasteiger partial charge in [-0.15, -0.1) is 11.3 Å². The van der Waals surface area contributed by atoms with Crippen LogP contribution in [0, 0.1) is 5.82 Å². The second-order valence-corrected chi connectivity index (χ2v) is 6.96. The number of amides is 2. The van der Waals surface area contributed by atoms with E-state index < -0.39 is 11.7 Å². The van der Waals surface area contributed by atoms with Crippen molar-refractivity contribution in [3.63, 3.8) is 0 Å². The smallest absolute Gasteiger partial charge is 0.273 e. The molecule has 1 aliphatic rings. The van der Waals surface area contributed by atoms with E-state index in [-0.39, 0.29) is 16.6 Å². The van der Waals surface area contributed by atoms with E-state index in [0.717, 1.165) is 22.8 Å². The molecule has 3 rings (SSSR count). The van der Waals surface area contributed by atoms with E-state index in [0.29, 0.717) is 18.8 Å². The third-order valence-electron chi connectivity index (χ3n) is 3.36. The fraction of sp³-hybridized carbons (Fsp3) is 0.267. The molecule has 0 spiro atoms. The lowest BCUT2D eigenvalue weighted by Gasteiger charge is -2.25. The first-order chi connectivity index (χ1) is 11.1. The molecule has 120 valence electrons. The molecule has 0 aliphatic carbocycles. The van der Waals surface area contributed by atoms with E-state index in [4.69, 9.17) is 0 Å². The zero-order chi connectivity index (χ0) is 16.2. The fourth-order valence-electron chi connectivity index (χ4n) is 2.17. The largest absolute Gasteiger partial charge is 0.336 e. The Morgan fingerprint density at radius 3 is 2.70 bits per heavy atom. The SMILES string of the molecule is O=C(Nc1nc(C(=O)N2CCSCC2)cs1)c1ccccc1F. The van der Waals surface area contributed by atoms with Crippen LogP contribution in [0.4, 0.5) is 9.52 Å². The molecule has 0 unspecified atom stereocenters. The molecule has 2 heterocycles. The Balaban J connectivity index is 1.68. The molecule has 1 aromatic carbocycles. The van der Waals surface area contributed by atoms with Gasteiger partial charge in [0.25, 0.3) is 11.8 Å². The maximum Gasteiger partial charge on any atom is 0.273 e. The molecular formula is C15H14FN3O2S2. The topological polar surface area (TPSA) is 62.3 Å². The molecule has 1 aromatic heterocycles. The monoisotopic (exact) mass is 351 g/mol. The van der Waals surface area contributed by atoms with Gasteiger partial charge in [0.15, 0.2) is 5.13 Å². The fourth-order valence-corrected chi connectivity index (χ4v) is 3.75. The summed E-state index contributed by atoms with van der Waals surface area (Å²) in [6.07, 6.45) is 0. The van der Waals surface area contributed by atoms with E-state index in [1.807, 2.05) is 11.8 Å². The summed E-state index contributed by atoms with van der Waals surface area (Å²) in [4.78, 5) is 30.2. The molecule has 23 heavy (non-hydrogen) atoms. The second-order valence-electron chi connectivity index (χ2n) is 4.88. The molecule has 1 aliphatic heterocycles. The highest BCUT2D eigenvalue weighted by atomic mass is 32.2. The minimum absolute atomic E-state index is 0.0522. The summed E-state index contributed by atoms with van der Waals surface area (Å²) < 4.78 is 13.6. The van der Waals surface area contributed by atoms with Gasteiger partial charge in [-0.25, -0.2) is 9.37 Å². The van der Waals surface area contributed by atoms with Gasteiger partial charge < -0.3 is 4.90 Å². The van der Waals surface area contributed by atoms with Crippen LogP contribution in [0.2, 0.25) is 0 Å². The second kappa shape index (κ2) is 7.10.